The van der Waals surface area contributed by atoms with Gasteiger partial charge in [-0.2, -0.15) is 5.10 Å². The van der Waals surface area contributed by atoms with Crippen molar-refractivity contribution in [3.63, 3.8) is 0 Å². The fourth-order valence-electron chi connectivity index (χ4n) is 2.21. The number of halogens is 1. The molecule has 0 aliphatic carbocycles. The molecule has 0 fully saturated rings. The molecule has 0 bridgehead atoms. The smallest absolute Gasteiger partial charge is 0.349 e. The van der Waals surface area contributed by atoms with Gasteiger partial charge >= 0.3 is 5.97 Å². The number of hydrogen-bond donors (Lipinski definition) is 1. The number of hydrogen-bond acceptors (Lipinski definition) is 5. The number of aromatic nitrogens is 2. The Morgan fingerprint density at radius 2 is 2.08 bits per heavy atom. The lowest BCUT2D eigenvalue weighted by molar-refractivity contribution is -0.125. The van der Waals surface area contributed by atoms with E-state index >= 15 is 0 Å². The molecule has 124 valence electrons. The van der Waals surface area contributed by atoms with Crippen molar-refractivity contribution < 1.29 is 14.3 Å². The molecule has 2 heterocycles. The van der Waals surface area contributed by atoms with Crippen LogP contribution < -0.4 is 5.73 Å². The highest BCUT2D eigenvalue weighted by molar-refractivity contribution is 7.20. The lowest BCUT2D eigenvalue weighted by Gasteiger charge is -2.08. The molecule has 3 rings (SSSR count). The number of nitrogens with zero attached hydrogens (tertiary/aromatic N) is 2. The van der Waals surface area contributed by atoms with Gasteiger partial charge in [0.1, 0.15) is 9.71 Å². The van der Waals surface area contributed by atoms with Gasteiger partial charge in [0.25, 0.3) is 5.91 Å². The first-order chi connectivity index (χ1) is 11.4. The van der Waals surface area contributed by atoms with Crippen LogP contribution in [0.3, 0.4) is 0 Å². The maximum Gasteiger partial charge on any atom is 0.349 e. The van der Waals surface area contributed by atoms with E-state index in [2.05, 4.69) is 5.10 Å². The van der Waals surface area contributed by atoms with Gasteiger partial charge in [0.2, 0.25) is 0 Å². The van der Waals surface area contributed by atoms with Gasteiger partial charge < -0.3 is 10.5 Å². The second kappa shape index (κ2) is 6.26. The summed E-state index contributed by atoms with van der Waals surface area (Å²) in [5, 5.41) is 5.88. The number of thiophene rings is 1. The largest absolute Gasteiger partial charge is 0.448 e. The van der Waals surface area contributed by atoms with Crippen molar-refractivity contribution in [1.29, 1.82) is 0 Å². The molecule has 1 atom stereocenters. The van der Waals surface area contributed by atoms with Crippen LogP contribution in [0, 0.1) is 6.92 Å². The monoisotopic (exact) mass is 363 g/mol. The molecule has 3 aromatic rings. The van der Waals surface area contributed by atoms with Crippen LogP contribution >= 0.6 is 22.9 Å². The number of ether oxygens (including phenoxy) is 1. The van der Waals surface area contributed by atoms with Crippen molar-refractivity contribution in [2.45, 2.75) is 20.0 Å². The van der Waals surface area contributed by atoms with E-state index in [1.165, 1.54) is 18.3 Å². The number of benzene rings is 1. The predicted octanol–water partition coefficient (Wildman–Crippen LogP) is 3.08. The van der Waals surface area contributed by atoms with Gasteiger partial charge in [0.15, 0.2) is 6.10 Å². The van der Waals surface area contributed by atoms with Gasteiger partial charge in [0, 0.05) is 5.39 Å². The lowest BCUT2D eigenvalue weighted by Crippen LogP contribution is -2.30. The van der Waals surface area contributed by atoms with Crippen molar-refractivity contribution >= 4 is 45.0 Å². The first-order valence-corrected chi connectivity index (χ1v) is 8.32. The highest BCUT2D eigenvalue weighted by Gasteiger charge is 2.21. The van der Waals surface area contributed by atoms with E-state index in [0.717, 1.165) is 21.6 Å². The van der Waals surface area contributed by atoms with Crippen molar-refractivity contribution in [3.8, 4) is 5.69 Å². The number of rotatable bonds is 4. The Kier molecular flexibility index (Phi) is 4.29. The van der Waals surface area contributed by atoms with Crippen LogP contribution in [0.2, 0.25) is 5.02 Å². The normalized spacial score (nSPS) is 12.3. The summed E-state index contributed by atoms with van der Waals surface area (Å²) < 4.78 is 6.75. The average molecular weight is 364 g/mol. The minimum Gasteiger partial charge on any atom is -0.448 e. The van der Waals surface area contributed by atoms with Gasteiger partial charge in [0.05, 0.1) is 16.4 Å². The molecular weight excluding hydrogens is 350 g/mol. The third-order valence-corrected chi connectivity index (χ3v) is 4.92. The quantitative estimate of drug-likeness (QED) is 0.721. The van der Waals surface area contributed by atoms with E-state index in [4.69, 9.17) is 22.1 Å². The van der Waals surface area contributed by atoms with Crippen molar-refractivity contribution in [3.05, 3.63) is 45.9 Å². The topological polar surface area (TPSA) is 87.2 Å². The second-order valence-electron chi connectivity index (χ2n) is 5.23. The van der Waals surface area contributed by atoms with Gasteiger partial charge in [-0.15, -0.1) is 11.3 Å². The summed E-state index contributed by atoms with van der Waals surface area (Å²) in [6.45, 7) is 3.29. The fourth-order valence-corrected chi connectivity index (χ4v) is 3.49. The Bertz CT molecular complexity index is 947. The maximum absolute atomic E-state index is 12.2. The predicted molar refractivity (Wildman–Crippen MR) is 92.8 cm³/mol. The summed E-state index contributed by atoms with van der Waals surface area (Å²) in [5.74, 6) is -1.28. The zero-order chi connectivity index (χ0) is 17.4. The van der Waals surface area contributed by atoms with E-state index in [9.17, 15) is 9.59 Å². The van der Waals surface area contributed by atoms with E-state index < -0.39 is 18.0 Å². The van der Waals surface area contributed by atoms with Crippen LogP contribution in [0.4, 0.5) is 0 Å². The van der Waals surface area contributed by atoms with Gasteiger partial charge in [-0.25, -0.2) is 9.48 Å². The van der Waals surface area contributed by atoms with Crippen LogP contribution in [0.5, 0.6) is 0 Å². The number of amides is 1. The number of aryl methyl sites for hydroxylation is 1. The molecule has 6 nitrogen and oxygen atoms in total. The number of carbonyl (C=O) groups excluding carboxylic acids is 2. The highest BCUT2D eigenvalue weighted by Crippen LogP contribution is 2.32. The van der Waals surface area contributed by atoms with Crippen LogP contribution in [0.15, 0.2) is 30.3 Å². The van der Waals surface area contributed by atoms with Gasteiger partial charge in [-0.1, -0.05) is 23.7 Å². The zero-order valence-electron chi connectivity index (χ0n) is 12.9. The fraction of sp³-hybridized carbons (Fsp3) is 0.188. The molecule has 1 amide bonds. The third kappa shape index (κ3) is 2.88. The maximum atomic E-state index is 12.2. The van der Waals surface area contributed by atoms with Crippen LogP contribution in [0.25, 0.3) is 15.9 Å². The summed E-state index contributed by atoms with van der Waals surface area (Å²) in [5.41, 5.74) is 6.61. The Labute approximate surface area is 146 Å². The molecule has 24 heavy (non-hydrogen) atoms. The van der Waals surface area contributed by atoms with Gasteiger partial charge in [-0.05, 0) is 32.0 Å². The molecule has 2 aromatic heterocycles. The number of fused-ring (bicyclic) bond motifs is 1. The summed E-state index contributed by atoms with van der Waals surface area (Å²) in [6.07, 6.45) is -0.983. The minimum atomic E-state index is -0.983. The van der Waals surface area contributed by atoms with E-state index in [-0.39, 0.29) is 0 Å². The zero-order valence-corrected chi connectivity index (χ0v) is 14.5. The Morgan fingerprint density at radius 1 is 1.38 bits per heavy atom. The number of primary amides is 1. The first kappa shape index (κ1) is 16.5. The number of nitrogens with two attached hydrogens (primary N) is 1. The summed E-state index contributed by atoms with van der Waals surface area (Å²) in [6, 6.07) is 9.02. The van der Waals surface area contributed by atoms with Crippen LogP contribution in [0.1, 0.15) is 22.3 Å². The molecule has 0 aliphatic heterocycles. The average Bonchev–Trinajstić information content (AvgIpc) is 3.09. The Balaban J connectivity index is 2.03. The van der Waals surface area contributed by atoms with Crippen molar-refractivity contribution in [1.82, 2.24) is 9.78 Å². The molecule has 1 aromatic carbocycles. The standard InChI is InChI=1S/C16H14ClN3O3S/c1-8-10-7-13(16(22)23-9(2)14(18)21)24-15(10)20(19-8)12-6-4-3-5-11(12)17/h3-7,9H,1-2H3,(H2,18,21)/t9-/m1/s1. The third-order valence-electron chi connectivity index (χ3n) is 3.51. The molecule has 0 aliphatic rings. The summed E-state index contributed by atoms with van der Waals surface area (Å²) in [7, 11) is 0. The molecule has 0 saturated heterocycles. The molecule has 0 spiro atoms. The molecule has 0 radical (unpaired) electrons. The van der Waals surface area contributed by atoms with Crippen molar-refractivity contribution in [2.75, 3.05) is 0 Å². The van der Waals surface area contributed by atoms with Crippen molar-refractivity contribution in [2.24, 2.45) is 5.73 Å². The Hall–Kier alpha value is -2.38. The SMILES string of the molecule is Cc1nn(-c2ccccc2Cl)c2sc(C(=O)O[C@H](C)C(N)=O)cc12. The molecular formula is C16H14ClN3O3S. The lowest BCUT2D eigenvalue weighted by atomic mass is 10.3. The van der Waals surface area contributed by atoms with Crippen LogP contribution in [-0.2, 0) is 9.53 Å². The molecule has 2 N–H and O–H groups in total. The number of carbonyl (C=O) groups is 2. The van der Waals surface area contributed by atoms with E-state index in [1.54, 1.807) is 16.8 Å². The number of esters is 1. The van der Waals surface area contributed by atoms with E-state index in [1.807, 2.05) is 25.1 Å². The van der Waals surface area contributed by atoms with E-state index in [0.29, 0.717) is 9.90 Å². The molecule has 8 heteroatoms. The van der Waals surface area contributed by atoms with Gasteiger partial charge in [-0.3, -0.25) is 4.79 Å². The molecule has 0 saturated carbocycles. The second-order valence-corrected chi connectivity index (χ2v) is 6.67. The summed E-state index contributed by atoms with van der Waals surface area (Å²) >= 11 is 7.47. The minimum absolute atomic E-state index is 0.374. The first-order valence-electron chi connectivity index (χ1n) is 7.13. The highest BCUT2D eigenvalue weighted by atomic mass is 35.5. The Morgan fingerprint density at radius 3 is 2.75 bits per heavy atom. The molecule has 0 unspecified atom stereocenters. The number of para-hydroxylation sites is 1. The summed E-state index contributed by atoms with van der Waals surface area (Å²) in [4.78, 5) is 24.4. The van der Waals surface area contributed by atoms with Crippen LogP contribution in [-0.4, -0.2) is 27.8 Å².